The zero-order valence-electron chi connectivity index (χ0n) is 12.8. The van der Waals surface area contributed by atoms with Gasteiger partial charge in [-0.15, -0.1) is 0 Å². The van der Waals surface area contributed by atoms with Crippen LogP contribution in [-0.2, 0) is 21.9 Å². The maximum atomic E-state index is 14.1. The first-order chi connectivity index (χ1) is 11.5. The number of carbonyl (C=O) groups is 1. The Morgan fingerprint density at radius 3 is 2.52 bits per heavy atom. The molecule has 0 radical (unpaired) electrons. The molecule has 0 aliphatic heterocycles. The van der Waals surface area contributed by atoms with Crippen LogP contribution >= 0.6 is 11.6 Å². The van der Waals surface area contributed by atoms with Crippen molar-refractivity contribution in [3.05, 3.63) is 34.9 Å². The van der Waals surface area contributed by atoms with E-state index in [1.165, 1.54) is 7.05 Å². The molecule has 0 aliphatic rings. The molecule has 12 heteroatoms. The Morgan fingerprint density at radius 2 is 1.96 bits per heavy atom. The third-order valence-corrected chi connectivity index (χ3v) is 4.62. The Bertz CT molecular complexity index is 931. The number of carbonyl (C=O) groups excluding carboxylic acids is 1. The van der Waals surface area contributed by atoms with E-state index in [9.17, 15) is 26.4 Å². The van der Waals surface area contributed by atoms with Crippen LogP contribution in [0, 0.1) is 5.82 Å². The fourth-order valence-corrected chi connectivity index (χ4v) is 3.39. The van der Waals surface area contributed by atoms with Gasteiger partial charge in [0, 0.05) is 26.2 Å². The molecule has 2 rings (SSSR count). The number of halogens is 4. The number of anilines is 2. The van der Waals surface area contributed by atoms with Gasteiger partial charge in [-0.1, -0.05) is 11.6 Å². The van der Waals surface area contributed by atoms with Gasteiger partial charge in [-0.3, -0.25) is 14.2 Å². The van der Waals surface area contributed by atoms with Gasteiger partial charge in [0.2, 0.25) is 5.91 Å². The monoisotopic (exact) mass is 396 g/mol. The van der Waals surface area contributed by atoms with Crippen LogP contribution < -0.4 is 10.0 Å². The van der Waals surface area contributed by atoms with Crippen molar-refractivity contribution in [3.63, 3.8) is 0 Å². The minimum atomic E-state index is -4.56. The second kappa shape index (κ2) is 6.92. The summed E-state index contributed by atoms with van der Waals surface area (Å²) in [5.74, 6) is -1.75. The summed E-state index contributed by atoms with van der Waals surface area (Å²) in [6, 6.07) is 1.48. The van der Waals surface area contributed by atoms with Crippen LogP contribution in [0.15, 0.2) is 23.2 Å². The van der Waals surface area contributed by atoms with Crippen molar-refractivity contribution in [2.24, 2.45) is 7.05 Å². The fourth-order valence-electron chi connectivity index (χ4n) is 1.97. The highest BCUT2D eigenvalue weighted by Crippen LogP contribution is 2.31. The van der Waals surface area contributed by atoms with Crippen molar-refractivity contribution in [2.75, 3.05) is 10.0 Å². The number of alkyl halides is 2. The molecule has 2 aromatic rings. The molecule has 1 amide bonds. The van der Waals surface area contributed by atoms with Crippen LogP contribution in [0.25, 0.3) is 0 Å². The van der Waals surface area contributed by atoms with Crippen molar-refractivity contribution >= 4 is 38.9 Å². The van der Waals surface area contributed by atoms with Crippen LogP contribution in [0.2, 0.25) is 5.02 Å². The van der Waals surface area contributed by atoms with Crippen LogP contribution in [-0.4, -0.2) is 24.1 Å². The number of nitrogens with one attached hydrogen (secondary N) is 2. The predicted molar refractivity (Wildman–Crippen MR) is 84.7 cm³/mol. The maximum absolute atomic E-state index is 14.1. The van der Waals surface area contributed by atoms with E-state index in [1.54, 1.807) is 0 Å². The minimum Gasteiger partial charge on any atom is -0.325 e. The Labute approximate surface area is 145 Å². The van der Waals surface area contributed by atoms with E-state index in [2.05, 4.69) is 10.4 Å². The Balaban J connectivity index is 2.44. The summed E-state index contributed by atoms with van der Waals surface area (Å²) in [4.78, 5) is 10.1. The lowest BCUT2D eigenvalue weighted by Gasteiger charge is -2.11. The molecule has 1 heterocycles. The van der Waals surface area contributed by atoms with E-state index < -0.39 is 44.4 Å². The fraction of sp³-hybridized carbons (Fsp3) is 0.231. The van der Waals surface area contributed by atoms with Crippen LogP contribution in [0.4, 0.5) is 24.5 Å². The highest BCUT2D eigenvalue weighted by atomic mass is 35.5. The normalized spacial score (nSPS) is 11.6. The van der Waals surface area contributed by atoms with Crippen LogP contribution in [0.5, 0.6) is 0 Å². The lowest BCUT2D eigenvalue weighted by atomic mass is 10.3. The second-order valence-corrected chi connectivity index (χ2v) is 7.01. The number of benzene rings is 1. The summed E-state index contributed by atoms with van der Waals surface area (Å²) in [5.41, 5.74) is -1.41. The molecule has 0 bridgehead atoms. The van der Waals surface area contributed by atoms with Gasteiger partial charge in [0.25, 0.3) is 16.4 Å². The summed E-state index contributed by atoms with van der Waals surface area (Å²) in [6.07, 6.45) is -2.01. The second-order valence-electron chi connectivity index (χ2n) is 4.95. The third kappa shape index (κ3) is 4.23. The number of hydrogen-bond donors (Lipinski definition) is 2. The Morgan fingerprint density at radius 1 is 1.32 bits per heavy atom. The van der Waals surface area contributed by atoms with E-state index in [-0.39, 0.29) is 10.7 Å². The van der Waals surface area contributed by atoms with Gasteiger partial charge in [0.05, 0.1) is 16.4 Å². The number of hydrogen-bond acceptors (Lipinski definition) is 4. The van der Waals surface area contributed by atoms with Gasteiger partial charge in [-0.05, 0) is 6.07 Å². The first kappa shape index (κ1) is 19.1. The number of nitrogens with zero attached hydrogens (tertiary/aromatic N) is 2. The first-order valence-corrected chi connectivity index (χ1v) is 8.48. The summed E-state index contributed by atoms with van der Waals surface area (Å²) >= 11 is 5.83. The zero-order chi connectivity index (χ0) is 18.9. The largest absolute Gasteiger partial charge is 0.325 e. The number of aryl methyl sites for hydroxylation is 1. The number of rotatable bonds is 5. The lowest BCUT2D eigenvalue weighted by Crippen LogP contribution is -2.16. The lowest BCUT2D eigenvalue weighted by molar-refractivity contribution is -0.114. The van der Waals surface area contributed by atoms with Gasteiger partial charge in [-0.25, -0.2) is 21.6 Å². The highest BCUT2D eigenvalue weighted by molar-refractivity contribution is 7.92. The average Bonchev–Trinajstić information content (AvgIpc) is 2.81. The van der Waals surface area contributed by atoms with Crippen molar-refractivity contribution in [3.8, 4) is 0 Å². The van der Waals surface area contributed by atoms with E-state index in [4.69, 9.17) is 11.6 Å². The minimum absolute atomic E-state index is 0.125. The molecular formula is C13H12ClF3N4O3S. The summed E-state index contributed by atoms with van der Waals surface area (Å²) < 4.78 is 67.4. The average molecular weight is 397 g/mol. The molecule has 0 fully saturated rings. The van der Waals surface area contributed by atoms with Crippen molar-refractivity contribution in [2.45, 2.75) is 18.2 Å². The SMILES string of the molecule is CC(=O)Nc1cc(F)c(S(=O)(=O)Nc2cn(C)nc2C(F)F)cc1Cl. The van der Waals surface area contributed by atoms with Crippen LogP contribution in [0.3, 0.4) is 0 Å². The molecule has 0 atom stereocenters. The Kier molecular flexibility index (Phi) is 5.28. The van der Waals surface area contributed by atoms with Crippen molar-refractivity contribution < 1.29 is 26.4 Å². The molecule has 25 heavy (non-hydrogen) atoms. The van der Waals surface area contributed by atoms with E-state index >= 15 is 0 Å². The standard InChI is InChI=1S/C13H12ClF3N4O3S/c1-6(22)18-9-4-8(15)11(3-7(9)14)25(23,24)20-10-5-21(2)19-12(10)13(16)17/h3-5,13,20H,1-2H3,(H,18,22). The van der Waals surface area contributed by atoms with Gasteiger partial charge in [0.15, 0.2) is 5.69 Å². The molecule has 7 nitrogen and oxygen atoms in total. The smallest absolute Gasteiger partial charge is 0.284 e. The van der Waals surface area contributed by atoms with E-state index in [0.717, 1.165) is 29.9 Å². The van der Waals surface area contributed by atoms with Crippen molar-refractivity contribution in [1.29, 1.82) is 0 Å². The van der Waals surface area contributed by atoms with Gasteiger partial charge >= 0.3 is 0 Å². The van der Waals surface area contributed by atoms with Crippen LogP contribution in [0.1, 0.15) is 19.0 Å². The maximum Gasteiger partial charge on any atom is 0.284 e. The number of sulfonamides is 1. The van der Waals surface area contributed by atoms with E-state index in [1.807, 2.05) is 4.72 Å². The molecule has 0 saturated heterocycles. The summed E-state index contributed by atoms with van der Waals surface area (Å²) in [5, 5.41) is 5.44. The zero-order valence-corrected chi connectivity index (χ0v) is 14.4. The summed E-state index contributed by atoms with van der Waals surface area (Å²) in [6.45, 7) is 1.16. The van der Waals surface area contributed by atoms with Crippen molar-refractivity contribution in [1.82, 2.24) is 9.78 Å². The first-order valence-electron chi connectivity index (χ1n) is 6.62. The Hall–Kier alpha value is -2.27. The third-order valence-electron chi connectivity index (χ3n) is 2.93. The van der Waals surface area contributed by atoms with Gasteiger partial charge < -0.3 is 5.32 Å². The van der Waals surface area contributed by atoms with Gasteiger partial charge in [-0.2, -0.15) is 5.10 Å². The molecular weight excluding hydrogens is 385 g/mol. The quantitative estimate of drug-likeness (QED) is 0.812. The molecule has 0 saturated carbocycles. The molecule has 0 spiro atoms. The summed E-state index contributed by atoms with van der Waals surface area (Å²) in [7, 11) is -3.24. The number of amides is 1. The molecule has 1 aromatic carbocycles. The van der Waals surface area contributed by atoms with E-state index in [0.29, 0.717) is 0 Å². The molecule has 0 aliphatic carbocycles. The molecule has 1 aromatic heterocycles. The molecule has 2 N–H and O–H groups in total. The predicted octanol–water partition coefficient (Wildman–Crippen LogP) is 2.91. The topological polar surface area (TPSA) is 93.1 Å². The van der Waals surface area contributed by atoms with Gasteiger partial charge in [0.1, 0.15) is 10.7 Å². The molecule has 136 valence electrons. The molecule has 0 unspecified atom stereocenters. The highest BCUT2D eigenvalue weighted by Gasteiger charge is 2.26. The number of aromatic nitrogens is 2.